The van der Waals surface area contributed by atoms with Crippen LogP contribution in [0.15, 0.2) is 27.3 Å². The second kappa shape index (κ2) is 5.59. The fraction of sp³-hybridized carbons (Fsp3) is 0.562. The fourth-order valence-electron chi connectivity index (χ4n) is 3.08. The molecule has 22 heavy (non-hydrogen) atoms. The topological polar surface area (TPSA) is 72.4 Å². The summed E-state index contributed by atoms with van der Waals surface area (Å²) in [6, 6.07) is 3.46. The molecule has 116 valence electrons. The maximum Gasteiger partial charge on any atom is 0.289 e. The molecule has 1 amide bonds. The van der Waals surface area contributed by atoms with E-state index in [4.69, 9.17) is 8.94 Å². The van der Waals surface area contributed by atoms with Crippen molar-refractivity contribution in [3.8, 4) is 0 Å². The second-order valence-corrected chi connectivity index (χ2v) is 6.26. The van der Waals surface area contributed by atoms with E-state index in [1.165, 1.54) is 19.1 Å². The Labute approximate surface area is 128 Å². The number of amides is 1. The largest absolute Gasteiger partial charge is 0.459 e. The molecule has 1 atom stereocenters. The number of hydrogen-bond donors (Lipinski definition) is 0. The van der Waals surface area contributed by atoms with E-state index in [1.807, 2.05) is 4.90 Å². The number of piperidine rings is 1. The fourth-order valence-corrected chi connectivity index (χ4v) is 3.08. The Balaban J connectivity index is 1.38. The van der Waals surface area contributed by atoms with Crippen LogP contribution in [-0.4, -0.2) is 34.0 Å². The molecule has 1 saturated carbocycles. The summed E-state index contributed by atoms with van der Waals surface area (Å²) in [5, 5.41) is 4.06. The van der Waals surface area contributed by atoms with E-state index < -0.39 is 0 Å². The quantitative estimate of drug-likeness (QED) is 0.868. The SMILES string of the molecule is O=C(c1ccco1)N1CCC[C@H](Cc2nc(C3CC3)no2)C1. The van der Waals surface area contributed by atoms with E-state index >= 15 is 0 Å². The molecule has 1 saturated heterocycles. The lowest BCUT2D eigenvalue weighted by Gasteiger charge is -2.31. The summed E-state index contributed by atoms with van der Waals surface area (Å²) >= 11 is 0. The van der Waals surface area contributed by atoms with Crippen molar-refractivity contribution in [2.45, 2.75) is 38.0 Å². The van der Waals surface area contributed by atoms with Crippen LogP contribution in [0.25, 0.3) is 0 Å². The van der Waals surface area contributed by atoms with Gasteiger partial charge in [0, 0.05) is 25.4 Å². The van der Waals surface area contributed by atoms with Crippen molar-refractivity contribution in [1.82, 2.24) is 15.0 Å². The maximum atomic E-state index is 12.3. The van der Waals surface area contributed by atoms with Gasteiger partial charge in [0.2, 0.25) is 5.89 Å². The van der Waals surface area contributed by atoms with Gasteiger partial charge in [-0.25, -0.2) is 0 Å². The minimum absolute atomic E-state index is 0.0288. The average molecular weight is 301 g/mol. The highest BCUT2D eigenvalue weighted by atomic mass is 16.5. The number of aromatic nitrogens is 2. The van der Waals surface area contributed by atoms with Crippen molar-refractivity contribution in [1.29, 1.82) is 0 Å². The van der Waals surface area contributed by atoms with Crippen LogP contribution in [0.4, 0.5) is 0 Å². The molecule has 0 N–H and O–H groups in total. The third kappa shape index (κ3) is 2.77. The van der Waals surface area contributed by atoms with Crippen LogP contribution in [0.1, 0.15) is 53.9 Å². The standard InChI is InChI=1S/C16H19N3O3/c20-16(13-4-2-8-21-13)19-7-1-3-11(10-19)9-14-17-15(18-22-14)12-5-6-12/h2,4,8,11-12H,1,3,5-7,9-10H2/t11-/m1/s1. The van der Waals surface area contributed by atoms with E-state index in [1.54, 1.807) is 12.1 Å². The first-order valence-electron chi connectivity index (χ1n) is 7.95. The third-order valence-electron chi connectivity index (χ3n) is 4.43. The highest BCUT2D eigenvalue weighted by Gasteiger charge is 2.30. The molecule has 0 spiro atoms. The Kier molecular flexibility index (Phi) is 3.44. The number of carbonyl (C=O) groups excluding carboxylic acids is 1. The van der Waals surface area contributed by atoms with E-state index in [0.29, 0.717) is 23.5 Å². The molecule has 0 unspecified atom stereocenters. The summed E-state index contributed by atoms with van der Waals surface area (Å²) in [7, 11) is 0. The van der Waals surface area contributed by atoms with Crippen molar-refractivity contribution in [2.24, 2.45) is 5.92 Å². The number of likely N-dealkylation sites (tertiary alicyclic amines) is 1. The summed E-state index contributed by atoms with van der Waals surface area (Å²) in [5.41, 5.74) is 0. The van der Waals surface area contributed by atoms with Gasteiger partial charge in [0.05, 0.1) is 6.26 Å². The van der Waals surface area contributed by atoms with Crippen LogP contribution in [0.3, 0.4) is 0 Å². The van der Waals surface area contributed by atoms with Gasteiger partial charge in [-0.3, -0.25) is 4.79 Å². The predicted molar refractivity (Wildman–Crippen MR) is 77.3 cm³/mol. The van der Waals surface area contributed by atoms with Gasteiger partial charge in [-0.1, -0.05) is 5.16 Å². The molecule has 0 aromatic carbocycles. The highest BCUT2D eigenvalue weighted by molar-refractivity contribution is 5.91. The molecule has 2 aromatic heterocycles. The van der Waals surface area contributed by atoms with Gasteiger partial charge in [-0.05, 0) is 43.7 Å². The number of furan rings is 1. The van der Waals surface area contributed by atoms with Gasteiger partial charge < -0.3 is 13.8 Å². The van der Waals surface area contributed by atoms with Crippen molar-refractivity contribution >= 4 is 5.91 Å². The third-order valence-corrected chi connectivity index (χ3v) is 4.43. The van der Waals surface area contributed by atoms with Crippen LogP contribution in [-0.2, 0) is 6.42 Å². The Hall–Kier alpha value is -2.11. The van der Waals surface area contributed by atoms with E-state index in [9.17, 15) is 4.79 Å². The van der Waals surface area contributed by atoms with Crippen LogP contribution < -0.4 is 0 Å². The highest BCUT2D eigenvalue weighted by Crippen LogP contribution is 2.38. The first-order chi connectivity index (χ1) is 10.8. The summed E-state index contributed by atoms with van der Waals surface area (Å²) in [6.07, 6.45) is 6.72. The van der Waals surface area contributed by atoms with E-state index in [2.05, 4.69) is 10.1 Å². The molecule has 4 rings (SSSR count). The average Bonchev–Trinajstić information content (AvgIpc) is 3.05. The molecule has 2 fully saturated rings. The summed E-state index contributed by atoms with van der Waals surface area (Å²) < 4.78 is 10.6. The van der Waals surface area contributed by atoms with Crippen molar-refractivity contribution in [3.05, 3.63) is 35.9 Å². The molecule has 0 bridgehead atoms. The Morgan fingerprint density at radius 1 is 1.36 bits per heavy atom. The zero-order chi connectivity index (χ0) is 14.9. The maximum absolute atomic E-state index is 12.3. The Morgan fingerprint density at radius 3 is 3.05 bits per heavy atom. The number of carbonyl (C=O) groups is 1. The normalized spacial score (nSPS) is 22.0. The number of nitrogens with zero attached hydrogens (tertiary/aromatic N) is 3. The minimum Gasteiger partial charge on any atom is -0.459 e. The monoisotopic (exact) mass is 301 g/mol. The van der Waals surface area contributed by atoms with Crippen LogP contribution in [0.2, 0.25) is 0 Å². The van der Waals surface area contributed by atoms with Crippen molar-refractivity contribution in [2.75, 3.05) is 13.1 Å². The van der Waals surface area contributed by atoms with Gasteiger partial charge in [0.15, 0.2) is 11.6 Å². The zero-order valence-corrected chi connectivity index (χ0v) is 12.4. The summed E-state index contributed by atoms with van der Waals surface area (Å²) in [4.78, 5) is 18.7. The van der Waals surface area contributed by atoms with E-state index in [-0.39, 0.29) is 5.91 Å². The Morgan fingerprint density at radius 2 is 2.27 bits per heavy atom. The van der Waals surface area contributed by atoms with Gasteiger partial charge >= 0.3 is 0 Å². The smallest absolute Gasteiger partial charge is 0.289 e. The van der Waals surface area contributed by atoms with Crippen LogP contribution in [0, 0.1) is 5.92 Å². The molecule has 2 aliphatic rings. The van der Waals surface area contributed by atoms with Gasteiger partial charge in [0.25, 0.3) is 5.91 Å². The number of hydrogen-bond acceptors (Lipinski definition) is 5. The lowest BCUT2D eigenvalue weighted by atomic mass is 9.94. The molecule has 6 nitrogen and oxygen atoms in total. The molecule has 6 heteroatoms. The van der Waals surface area contributed by atoms with Crippen LogP contribution >= 0.6 is 0 Å². The molecule has 1 aliphatic carbocycles. The molecule has 1 aliphatic heterocycles. The summed E-state index contributed by atoms with van der Waals surface area (Å²) in [5.74, 6) is 2.84. The lowest BCUT2D eigenvalue weighted by Crippen LogP contribution is -2.40. The zero-order valence-electron chi connectivity index (χ0n) is 12.4. The molecular formula is C16H19N3O3. The summed E-state index contributed by atoms with van der Waals surface area (Å²) in [6.45, 7) is 1.51. The van der Waals surface area contributed by atoms with Crippen molar-refractivity contribution < 1.29 is 13.7 Å². The first kappa shape index (κ1) is 13.5. The van der Waals surface area contributed by atoms with Gasteiger partial charge in [0.1, 0.15) is 0 Å². The lowest BCUT2D eigenvalue weighted by molar-refractivity contribution is 0.0636. The van der Waals surface area contributed by atoms with Crippen LogP contribution in [0.5, 0.6) is 0 Å². The van der Waals surface area contributed by atoms with Gasteiger partial charge in [-0.2, -0.15) is 4.98 Å². The molecule has 0 radical (unpaired) electrons. The second-order valence-electron chi connectivity index (χ2n) is 6.26. The molecule has 3 heterocycles. The first-order valence-corrected chi connectivity index (χ1v) is 7.95. The number of rotatable bonds is 4. The predicted octanol–water partition coefficient (Wildman–Crippen LogP) is 2.63. The molecular weight excluding hydrogens is 282 g/mol. The van der Waals surface area contributed by atoms with Crippen molar-refractivity contribution in [3.63, 3.8) is 0 Å². The van der Waals surface area contributed by atoms with E-state index in [0.717, 1.165) is 38.2 Å². The minimum atomic E-state index is -0.0288. The molecule has 2 aromatic rings. The Bertz CT molecular complexity index is 645. The van der Waals surface area contributed by atoms with Gasteiger partial charge in [-0.15, -0.1) is 0 Å².